The molecule has 17 heavy (non-hydrogen) atoms. The van der Waals surface area contributed by atoms with Gasteiger partial charge in [-0.3, -0.25) is 4.79 Å². The number of hydrogen-bond acceptors (Lipinski definition) is 4. The topological polar surface area (TPSA) is 72.8 Å². The van der Waals surface area contributed by atoms with Gasteiger partial charge >= 0.3 is 5.97 Å². The number of carboxylic acids is 1. The first-order chi connectivity index (χ1) is 7.93. The van der Waals surface area contributed by atoms with Crippen LogP contribution in [0.3, 0.4) is 0 Å². The van der Waals surface area contributed by atoms with Gasteiger partial charge in [0.1, 0.15) is 5.56 Å². The zero-order valence-electron chi connectivity index (χ0n) is 8.91. The fraction of sp³-hybridized carbons (Fsp3) is 0.200. The molecule has 0 saturated carbocycles. The molecule has 0 unspecified atom stereocenters. The number of halogens is 2. The van der Waals surface area contributed by atoms with Crippen LogP contribution in [-0.2, 0) is 4.79 Å². The highest BCUT2D eigenvalue weighted by atomic mass is 35.5. The number of carbonyl (C=O) groups excluding carboxylic acids is 1. The molecule has 0 aromatic heterocycles. The molecule has 1 aromatic carbocycles. The highest BCUT2D eigenvalue weighted by Gasteiger charge is 2.28. The number of Topliss-reactive ketones (excluding diaryl/α,β-unsaturated/α-hetero) is 1. The molecule has 0 saturated heterocycles. The third kappa shape index (κ3) is 2.31. The van der Waals surface area contributed by atoms with Crippen LogP contribution in [0, 0.1) is 5.82 Å². The zero-order valence-corrected chi connectivity index (χ0v) is 9.67. The van der Waals surface area contributed by atoms with E-state index in [4.69, 9.17) is 26.2 Å². The van der Waals surface area contributed by atoms with E-state index in [1.54, 1.807) is 0 Å². The summed E-state index contributed by atoms with van der Waals surface area (Å²) in [7, 11) is 2.41. The first kappa shape index (κ1) is 13.2. The van der Waals surface area contributed by atoms with Crippen molar-refractivity contribution >= 4 is 23.4 Å². The van der Waals surface area contributed by atoms with E-state index in [0.717, 1.165) is 13.2 Å². The lowest BCUT2D eigenvalue weighted by Gasteiger charge is -2.12. The number of ether oxygens (including phenoxy) is 2. The van der Waals surface area contributed by atoms with Crippen LogP contribution in [0.5, 0.6) is 11.5 Å². The smallest absolute Gasteiger partial charge is 0.377 e. The lowest BCUT2D eigenvalue weighted by molar-refractivity contribution is -0.131. The van der Waals surface area contributed by atoms with E-state index in [1.807, 2.05) is 0 Å². The molecule has 0 aliphatic heterocycles. The van der Waals surface area contributed by atoms with Crippen molar-refractivity contribution in [3.8, 4) is 11.5 Å². The molecule has 0 spiro atoms. The van der Waals surface area contributed by atoms with Crippen molar-refractivity contribution in [2.75, 3.05) is 14.2 Å². The number of methoxy groups -OCH3 is 2. The van der Waals surface area contributed by atoms with Crippen molar-refractivity contribution in [3.63, 3.8) is 0 Å². The Kier molecular flexibility index (Phi) is 3.90. The second-order valence-corrected chi connectivity index (χ2v) is 3.32. The first-order valence-corrected chi connectivity index (χ1v) is 4.69. The third-order valence-electron chi connectivity index (χ3n) is 1.98. The fourth-order valence-corrected chi connectivity index (χ4v) is 1.44. The second-order valence-electron chi connectivity index (χ2n) is 2.92. The summed E-state index contributed by atoms with van der Waals surface area (Å²) < 4.78 is 23.2. The molecule has 7 heteroatoms. The van der Waals surface area contributed by atoms with Crippen molar-refractivity contribution < 1.29 is 28.6 Å². The average Bonchev–Trinajstić information content (AvgIpc) is 2.30. The zero-order chi connectivity index (χ0) is 13.2. The number of hydrogen-bond donors (Lipinski definition) is 1. The largest absolute Gasteiger partial charge is 0.493 e. The second kappa shape index (κ2) is 5.01. The normalized spacial score (nSPS) is 9.88. The van der Waals surface area contributed by atoms with Crippen LogP contribution in [0.1, 0.15) is 10.4 Å². The predicted octanol–water partition coefficient (Wildman–Crippen LogP) is 1.76. The van der Waals surface area contributed by atoms with Gasteiger partial charge in [0.15, 0.2) is 17.3 Å². The summed E-state index contributed by atoms with van der Waals surface area (Å²) in [5.41, 5.74) is -0.760. The Bertz CT molecular complexity index is 486. The standard InChI is InChI=1S/C10H8ClFO5/c1-16-5-3-4(11)7(12)6(9(5)17-2)8(13)10(14)15/h3H,1-2H3,(H,14,15). The number of benzene rings is 1. The molecule has 92 valence electrons. The van der Waals surface area contributed by atoms with Crippen LogP contribution in [0.4, 0.5) is 4.39 Å². The third-order valence-corrected chi connectivity index (χ3v) is 2.26. The van der Waals surface area contributed by atoms with E-state index >= 15 is 0 Å². The Hall–Kier alpha value is -1.82. The summed E-state index contributed by atoms with van der Waals surface area (Å²) in [6.45, 7) is 0. The average molecular weight is 263 g/mol. The molecule has 0 aliphatic rings. The molecule has 0 bridgehead atoms. The van der Waals surface area contributed by atoms with Crippen LogP contribution in [0.25, 0.3) is 0 Å². The number of carbonyl (C=O) groups is 2. The van der Waals surface area contributed by atoms with Crippen molar-refractivity contribution in [3.05, 3.63) is 22.5 Å². The Morgan fingerprint density at radius 3 is 2.35 bits per heavy atom. The highest BCUT2D eigenvalue weighted by molar-refractivity contribution is 6.41. The monoisotopic (exact) mass is 262 g/mol. The minimum atomic E-state index is -1.81. The molecule has 0 atom stereocenters. The molecule has 0 amide bonds. The van der Waals surface area contributed by atoms with Gasteiger partial charge in [0, 0.05) is 6.07 Å². The van der Waals surface area contributed by atoms with Crippen LogP contribution >= 0.6 is 11.6 Å². The lowest BCUT2D eigenvalue weighted by atomic mass is 10.1. The summed E-state index contributed by atoms with van der Waals surface area (Å²) in [4.78, 5) is 21.9. The van der Waals surface area contributed by atoms with E-state index in [1.165, 1.54) is 7.11 Å². The maximum absolute atomic E-state index is 13.6. The molecular formula is C10H8ClFO5. The van der Waals surface area contributed by atoms with Crippen LogP contribution in [0.15, 0.2) is 6.07 Å². The number of rotatable bonds is 4. The van der Waals surface area contributed by atoms with Gasteiger partial charge in [0.2, 0.25) is 0 Å². The van der Waals surface area contributed by atoms with E-state index in [2.05, 4.69) is 0 Å². The summed E-state index contributed by atoms with van der Waals surface area (Å²) in [5, 5.41) is 8.15. The molecule has 5 nitrogen and oxygen atoms in total. The van der Waals surface area contributed by atoms with Gasteiger partial charge in [0.25, 0.3) is 5.78 Å². The van der Waals surface area contributed by atoms with E-state index in [9.17, 15) is 14.0 Å². The van der Waals surface area contributed by atoms with Crippen molar-refractivity contribution in [1.82, 2.24) is 0 Å². The molecule has 1 rings (SSSR count). The summed E-state index contributed by atoms with van der Waals surface area (Å²) in [5.74, 6) is -4.76. The SMILES string of the molecule is COc1cc(Cl)c(F)c(C(=O)C(=O)O)c1OC. The van der Waals surface area contributed by atoms with Gasteiger partial charge in [-0.2, -0.15) is 0 Å². The summed E-state index contributed by atoms with van der Waals surface area (Å²) >= 11 is 5.52. The Morgan fingerprint density at radius 1 is 1.35 bits per heavy atom. The Morgan fingerprint density at radius 2 is 1.94 bits per heavy atom. The number of ketones is 1. The predicted molar refractivity (Wildman–Crippen MR) is 56.5 cm³/mol. The van der Waals surface area contributed by atoms with E-state index in [0.29, 0.717) is 0 Å². The summed E-state index contributed by atoms with van der Waals surface area (Å²) in [6, 6.07) is 1.09. The number of carboxylic acid groups (broad SMARTS) is 1. The van der Waals surface area contributed by atoms with E-state index in [-0.39, 0.29) is 11.5 Å². The van der Waals surface area contributed by atoms with Crippen molar-refractivity contribution in [1.29, 1.82) is 0 Å². The minimum Gasteiger partial charge on any atom is -0.493 e. The van der Waals surface area contributed by atoms with Gasteiger partial charge in [-0.05, 0) is 0 Å². The molecule has 0 heterocycles. The van der Waals surface area contributed by atoms with Gasteiger partial charge in [-0.1, -0.05) is 11.6 Å². The Balaban J connectivity index is 3.60. The van der Waals surface area contributed by atoms with Crippen LogP contribution in [-0.4, -0.2) is 31.1 Å². The van der Waals surface area contributed by atoms with Crippen LogP contribution < -0.4 is 9.47 Å². The fourth-order valence-electron chi connectivity index (χ4n) is 1.25. The van der Waals surface area contributed by atoms with Gasteiger partial charge in [-0.15, -0.1) is 0 Å². The first-order valence-electron chi connectivity index (χ1n) is 4.31. The number of aliphatic carboxylic acids is 1. The minimum absolute atomic E-state index is 0.0245. The molecule has 0 aliphatic carbocycles. The molecule has 1 N–H and O–H groups in total. The molecule has 1 aromatic rings. The van der Waals surface area contributed by atoms with Crippen molar-refractivity contribution in [2.24, 2.45) is 0 Å². The molecular weight excluding hydrogens is 255 g/mol. The maximum Gasteiger partial charge on any atom is 0.377 e. The van der Waals surface area contributed by atoms with Crippen molar-refractivity contribution in [2.45, 2.75) is 0 Å². The summed E-state index contributed by atoms with van der Waals surface area (Å²) in [6.07, 6.45) is 0. The quantitative estimate of drug-likeness (QED) is 0.661. The Labute approximate surface area is 101 Å². The van der Waals surface area contributed by atoms with Gasteiger partial charge < -0.3 is 14.6 Å². The molecule has 0 radical (unpaired) electrons. The van der Waals surface area contributed by atoms with E-state index < -0.39 is 28.2 Å². The van der Waals surface area contributed by atoms with Gasteiger partial charge in [0.05, 0.1) is 19.2 Å². The maximum atomic E-state index is 13.6. The highest BCUT2D eigenvalue weighted by Crippen LogP contribution is 2.37. The van der Waals surface area contributed by atoms with Crippen LogP contribution in [0.2, 0.25) is 5.02 Å². The molecule has 0 fully saturated rings. The van der Waals surface area contributed by atoms with Gasteiger partial charge in [-0.25, -0.2) is 9.18 Å². The lowest BCUT2D eigenvalue weighted by Crippen LogP contribution is -2.16.